The summed E-state index contributed by atoms with van der Waals surface area (Å²) in [6.07, 6.45) is 1.55. The summed E-state index contributed by atoms with van der Waals surface area (Å²) in [7, 11) is 0. The lowest BCUT2D eigenvalue weighted by Gasteiger charge is -2.11. The molecule has 0 aliphatic heterocycles. The molecule has 0 bridgehead atoms. The minimum atomic E-state index is -0.521. The van der Waals surface area contributed by atoms with Crippen LogP contribution in [0.5, 0.6) is 5.88 Å². The maximum absolute atomic E-state index is 13.1. The minimum Gasteiger partial charge on any atom is -0.472 e. The molecule has 9 heteroatoms. The van der Waals surface area contributed by atoms with Gasteiger partial charge in [-0.25, -0.2) is 9.02 Å². The molecule has 0 aliphatic rings. The lowest BCUT2D eigenvalue weighted by molar-refractivity contribution is 0.0943. The number of hydrogen-bond donors (Lipinski definition) is 1. The highest BCUT2D eigenvalue weighted by Crippen LogP contribution is 2.11. The summed E-state index contributed by atoms with van der Waals surface area (Å²) in [5.41, 5.74) is 1.03. The van der Waals surface area contributed by atoms with Crippen molar-refractivity contribution in [1.29, 1.82) is 0 Å². The minimum absolute atomic E-state index is 0.0149. The van der Waals surface area contributed by atoms with Gasteiger partial charge in [0, 0.05) is 11.9 Å². The number of halogens is 1. The summed E-state index contributed by atoms with van der Waals surface area (Å²) in [4.78, 5) is 25.2. The predicted octanol–water partition coefficient (Wildman–Crippen LogP) is 1.79. The number of carbonyl (C=O) groups is 1. The van der Waals surface area contributed by atoms with E-state index in [0.29, 0.717) is 16.9 Å². The number of ether oxygens (including phenoxy) is 1. The molecule has 8 nitrogen and oxygen atoms in total. The second kappa shape index (κ2) is 7.81. The highest BCUT2D eigenvalue weighted by Gasteiger charge is 2.16. The molecule has 0 saturated heterocycles. The summed E-state index contributed by atoms with van der Waals surface area (Å²) in [5.74, 6) is -0.680. The van der Waals surface area contributed by atoms with Gasteiger partial charge < -0.3 is 10.1 Å². The number of aryl methyl sites for hydroxylation is 2. The maximum atomic E-state index is 13.1. The fraction of sp³-hybridized carbons (Fsp3) is 0.222. The summed E-state index contributed by atoms with van der Waals surface area (Å²) in [6.45, 7) is 3.65. The Balaban J connectivity index is 1.72. The summed E-state index contributed by atoms with van der Waals surface area (Å²) < 4.78 is 24.2. The molecule has 0 saturated carbocycles. The first-order valence-corrected chi connectivity index (χ1v) is 8.15. The molecule has 0 fully saturated rings. The fourth-order valence-corrected chi connectivity index (χ4v) is 2.46. The molecule has 27 heavy (non-hydrogen) atoms. The van der Waals surface area contributed by atoms with Gasteiger partial charge in [-0.2, -0.15) is 0 Å². The Labute approximate surface area is 153 Å². The van der Waals surface area contributed by atoms with Crippen molar-refractivity contribution >= 4 is 5.91 Å². The van der Waals surface area contributed by atoms with Crippen LogP contribution in [0, 0.1) is 19.7 Å². The molecule has 0 aliphatic carbocycles. The number of hydrogen-bond acceptors (Lipinski definition) is 6. The molecule has 2 aromatic heterocycles. The lowest BCUT2D eigenvalue weighted by Crippen LogP contribution is -2.35. The average molecular weight is 372 g/mol. The van der Waals surface area contributed by atoms with Crippen LogP contribution in [-0.2, 0) is 0 Å². The zero-order valence-electron chi connectivity index (χ0n) is 14.7. The zero-order chi connectivity index (χ0) is 19.4. The second-order valence-corrected chi connectivity index (χ2v) is 5.78. The number of carbonyl (C=O) groups excluding carboxylic acids is 1. The topological polar surface area (TPSA) is 99.2 Å². The van der Waals surface area contributed by atoms with Gasteiger partial charge in [-0.3, -0.25) is 14.2 Å². The standard InChI is InChI=1S/C18H17FN4O4/c1-11-7-9-23(14-5-3-13(19)4-6-14)18(25)15(11)16(24)20-8-10-26-17-12(2)21-27-22-17/h3-7,9H,8,10H2,1-2H3,(H,20,24). The van der Waals surface area contributed by atoms with E-state index >= 15 is 0 Å². The van der Waals surface area contributed by atoms with Crippen LogP contribution in [0.2, 0.25) is 0 Å². The molecule has 140 valence electrons. The van der Waals surface area contributed by atoms with E-state index < -0.39 is 17.3 Å². The normalized spacial score (nSPS) is 10.6. The number of nitrogens with zero attached hydrogens (tertiary/aromatic N) is 3. The number of pyridine rings is 1. The smallest absolute Gasteiger partial charge is 0.278 e. The average Bonchev–Trinajstić information content (AvgIpc) is 3.05. The molecule has 3 aromatic rings. The summed E-state index contributed by atoms with van der Waals surface area (Å²) >= 11 is 0. The quantitative estimate of drug-likeness (QED) is 0.662. The first kappa shape index (κ1) is 18.3. The third-order valence-corrected chi connectivity index (χ3v) is 3.87. The van der Waals surface area contributed by atoms with Crippen molar-refractivity contribution in [2.24, 2.45) is 0 Å². The first-order chi connectivity index (χ1) is 13.0. The largest absolute Gasteiger partial charge is 0.472 e. The van der Waals surface area contributed by atoms with Gasteiger partial charge in [0.25, 0.3) is 17.3 Å². The SMILES string of the molecule is Cc1ccn(-c2ccc(F)cc2)c(=O)c1C(=O)NCCOc1nonc1C. The van der Waals surface area contributed by atoms with Crippen molar-refractivity contribution < 1.29 is 18.6 Å². The van der Waals surface area contributed by atoms with Crippen LogP contribution in [0.3, 0.4) is 0 Å². The lowest BCUT2D eigenvalue weighted by atomic mass is 10.1. The van der Waals surface area contributed by atoms with E-state index in [0.717, 1.165) is 0 Å². The van der Waals surface area contributed by atoms with Gasteiger partial charge in [-0.15, -0.1) is 0 Å². The van der Waals surface area contributed by atoms with Crippen LogP contribution in [0.15, 0.2) is 46.0 Å². The van der Waals surface area contributed by atoms with Gasteiger partial charge in [0.1, 0.15) is 23.7 Å². The molecule has 1 amide bonds. The molecule has 3 rings (SSSR count). The van der Waals surface area contributed by atoms with Crippen LogP contribution >= 0.6 is 0 Å². The number of aromatic nitrogens is 3. The van der Waals surface area contributed by atoms with E-state index in [4.69, 9.17) is 4.74 Å². The van der Waals surface area contributed by atoms with Crippen molar-refractivity contribution in [3.63, 3.8) is 0 Å². The van der Waals surface area contributed by atoms with E-state index in [9.17, 15) is 14.0 Å². The molecule has 1 N–H and O–H groups in total. The van der Waals surface area contributed by atoms with Crippen LogP contribution in [0.1, 0.15) is 21.6 Å². The monoisotopic (exact) mass is 372 g/mol. The molecular weight excluding hydrogens is 355 g/mol. The molecule has 0 spiro atoms. The van der Waals surface area contributed by atoms with Gasteiger partial charge in [-0.05, 0) is 54.9 Å². The molecule has 0 atom stereocenters. The van der Waals surface area contributed by atoms with Crippen LogP contribution in [-0.4, -0.2) is 33.9 Å². The van der Waals surface area contributed by atoms with Crippen molar-refractivity contribution in [1.82, 2.24) is 20.2 Å². The highest BCUT2D eigenvalue weighted by atomic mass is 19.1. The van der Waals surface area contributed by atoms with E-state index in [1.807, 2.05) is 0 Å². The van der Waals surface area contributed by atoms with Crippen molar-refractivity contribution in [2.45, 2.75) is 13.8 Å². The molecule has 2 heterocycles. The summed E-state index contributed by atoms with van der Waals surface area (Å²) in [6, 6.07) is 7.09. The molecule has 1 aromatic carbocycles. The number of benzene rings is 1. The number of rotatable bonds is 6. The van der Waals surface area contributed by atoms with E-state index in [1.54, 1.807) is 26.1 Å². The van der Waals surface area contributed by atoms with Gasteiger partial charge >= 0.3 is 0 Å². The Kier molecular flexibility index (Phi) is 5.30. The van der Waals surface area contributed by atoms with Crippen LogP contribution < -0.4 is 15.6 Å². The van der Waals surface area contributed by atoms with E-state index in [-0.39, 0.29) is 24.6 Å². The molecule has 0 radical (unpaired) electrons. The molecule has 0 unspecified atom stereocenters. The third-order valence-electron chi connectivity index (χ3n) is 3.87. The first-order valence-electron chi connectivity index (χ1n) is 8.15. The van der Waals surface area contributed by atoms with Crippen LogP contribution in [0.4, 0.5) is 4.39 Å². The number of amides is 1. The van der Waals surface area contributed by atoms with E-state index in [2.05, 4.69) is 20.3 Å². The van der Waals surface area contributed by atoms with Crippen molar-refractivity contribution in [2.75, 3.05) is 13.2 Å². The highest BCUT2D eigenvalue weighted by molar-refractivity contribution is 5.95. The second-order valence-electron chi connectivity index (χ2n) is 5.78. The number of nitrogens with one attached hydrogen (secondary N) is 1. The Morgan fingerprint density at radius 3 is 2.63 bits per heavy atom. The summed E-state index contributed by atoms with van der Waals surface area (Å²) in [5, 5.41) is 9.78. The fourth-order valence-electron chi connectivity index (χ4n) is 2.46. The third kappa shape index (κ3) is 4.02. The van der Waals surface area contributed by atoms with Gasteiger partial charge in [0.05, 0.1) is 6.54 Å². The Bertz CT molecular complexity index is 1010. The maximum Gasteiger partial charge on any atom is 0.278 e. The zero-order valence-corrected chi connectivity index (χ0v) is 14.7. The van der Waals surface area contributed by atoms with Gasteiger partial charge in [-0.1, -0.05) is 5.16 Å². The van der Waals surface area contributed by atoms with Crippen molar-refractivity contribution in [3.05, 3.63) is 69.5 Å². The molecular formula is C18H17FN4O4. The van der Waals surface area contributed by atoms with Gasteiger partial charge in [0.15, 0.2) is 0 Å². The predicted molar refractivity (Wildman–Crippen MR) is 93.6 cm³/mol. The Hall–Kier alpha value is -3.49. The van der Waals surface area contributed by atoms with Crippen LogP contribution in [0.25, 0.3) is 5.69 Å². The van der Waals surface area contributed by atoms with E-state index in [1.165, 1.54) is 28.8 Å². The van der Waals surface area contributed by atoms with Crippen molar-refractivity contribution in [3.8, 4) is 11.6 Å². The van der Waals surface area contributed by atoms with Gasteiger partial charge in [0.2, 0.25) is 0 Å². The Morgan fingerprint density at radius 1 is 1.22 bits per heavy atom. The Morgan fingerprint density at radius 2 is 1.96 bits per heavy atom.